The molecule has 0 unspecified atom stereocenters. The van der Waals surface area contributed by atoms with Gasteiger partial charge in [0.1, 0.15) is 5.75 Å². The van der Waals surface area contributed by atoms with Crippen molar-refractivity contribution in [2.75, 3.05) is 0 Å². The van der Waals surface area contributed by atoms with Crippen LogP contribution in [0.15, 0.2) is 12.1 Å². The maximum absolute atomic E-state index is 9.40. The molecule has 0 amide bonds. The van der Waals surface area contributed by atoms with E-state index in [9.17, 15) is 5.11 Å². The Bertz CT molecular complexity index is 271. The van der Waals surface area contributed by atoms with Gasteiger partial charge in [0.05, 0.1) is 3.57 Å². The first-order chi connectivity index (χ1) is 5.15. The zero-order valence-electron chi connectivity index (χ0n) is 6.06. The molecule has 0 saturated heterocycles. The molecule has 0 aromatic heterocycles. The second-order valence-corrected chi connectivity index (χ2v) is 4.58. The van der Waals surface area contributed by atoms with Gasteiger partial charge in [0.2, 0.25) is 0 Å². The van der Waals surface area contributed by atoms with E-state index in [2.05, 4.69) is 58.2 Å². The summed E-state index contributed by atoms with van der Waals surface area (Å²) in [6, 6.07) is 3.88. The molecule has 0 heterocycles. The van der Waals surface area contributed by atoms with Gasteiger partial charge >= 0.3 is 0 Å². The molecule has 11 heavy (non-hydrogen) atoms. The van der Waals surface area contributed by atoms with Crippen LogP contribution in [0.3, 0.4) is 0 Å². The Kier molecular flexibility index (Phi) is 3.42. The van der Waals surface area contributed by atoms with Gasteiger partial charge in [-0.25, -0.2) is 0 Å². The van der Waals surface area contributed by atoms with Gasteiger partial charge < -0.3 is 5.11 Å². The lowest BCUT2D eigenvalue weighted by Crippen LogP contribution is -1.87. The molecule has 1 nitrogen and oxygen atoms in total. The largest absolute Gasteiger partial charge is 0.507 e. The molecule has 1 aromatic carbocycles. The van der Waals surface area contributed by atoms with Crippen molar-refractivity contribution in [1.82, 2.24) is 0 Å². The van der Waals surface area contributed by atoms with Gasteiger partial charge in [-0.15, -0.1) is 0 Å². The zero-order chi connectivity index (χ0) is 8.43. The van der Waals surface area contributed by atoms with Gasteiger partial charge in [-0.2, -0.15) is 0 Å². The summed E-state index contributed by atoms with van der Waals surface area (Å²) in [6.07, 6.45) is 0.975. The normalized spacial score (nSPS) is 10.1. The average molecular weight is 374 g/mol. The Morgan fingerprint density at radius 1 is 1.36 bits per heavy atom. The van der Waals surface area contributed by atoms with Gasteiger partial charge in [0, 0.05) is 3.57 Å². The fraction of sp³-hybridized carbons (Fsp3) is 0.250. The van der Waals surface area contributed by atoms with Crippen molar-refractivity contribution in [2.24, 2.45) is 0 Å². The molecule has 0 aliphatic heterocycles. The summed E-state index contributed by atoms with van der Waals surface area (Å²) >= 11 is 4.38. The van der Waals surface area contributed by atoms with E-state index in [1.165, 1.54) is 5.56 Å². The van der Waals surface area contributed by atoms with E-state index in [-0.39, 0.29) is 0 Å². The van der Waals surface area contributed by atoms with Crippen molar-refractivity contribution in [1.29, 1.82) is 0 Å². The molecule has 3 heteroatoms. The summed E-state index contributed by atoms with van der Waals surface area (Å²) in [4.78, 5) is 0. The number of hydrogen-bond acceptors (Lipinski definition) is 1. The van der Waals surface area contributed by atoms with Crippen molar-refractivity contribution in [2.45, 2.75) is 13.3 Å². The molecule has 0 aliphatic carbocycles. The molecule has 0 bridgehead atoms. The Morgan fingerprint density at radius 3 is 2.55 bits per heavy atom. The zero-order valence-corrected chi connectivity index (χ0v) is 10.4. The van der Waals surface area contributed by atoms with Crippen molar-refractivity contribution in [3.63, 3.8) is 0 Å². The number of benzene rings is 1. The molecule has 0 aliphatic rings. The predicted molar refractivity (Wildman–Crippen MR) is 62.9 cm³/mol. The number of halogens is 2. The van der Waals surface area contributed by atoms with Crippen LogP contribution in [0.5, 0.6) is 5.75 Å². The van der Waals surface area contributed by atoms with Crippen LogP contribution in [-0.2, 0) is 6.42 Å². The summed E-state index contributed by atoms with van der Waals surface area (Å²) in [6.45, 7) is 2.09. The summed E-state index contributed by atoms with van der Waals surface area (Å²) in [7, 11) is 0. The second-order valence-electron chi connectivity index (χ2n) is 2.25. The van der Waals surface area contributed by atoms with Crippen LogP contribution in [0.25, 0.3) is 0 Å². The molecule has 0 spiro atoms. The minimum Gasteiger partial charge on any atom is -0.507 e. The third-order valence-corrected chi connectivity index (χ3v) is 3.34. The Morgan fingerprint density at radius 2 is 2.00 bits per heavy atom. The fourth-order valence-electron chi connectivity index (χ4n) is 0.887. The molecule has 1 N–H and O–H groups in total. The summed E-state index contributed by atoms with van der Waals surface area (Å²) in [5, 5.41) is 9.40. The minimum absolute atomic E-state index is 0.398. The van der Waals surface area contributed by atoms with Gasteiger partial charge in [-0.3, -0.25) is 0 Å². The van der Waals surface area contributed by atoms with Gasteiger partial charge in [0.15, 0.2) is 0 Å². The van der Waals surface area contributed by atoms with Gasteiger partial charge in [-0.05, 0) is 69.3 Å². The topological polar surface area (TPSA) is 20.2 Å². The third-order valence-electron chi connectivity index (χ3n) is 1.47. The molecule has 0 fully saturated rings. The van der Waals surface area contributed by atoms with E-state index in [4.69, 9.17) is 0 Å². The van der Waals surface area contributed by atoms with E-state index >= 15 is 0 Å². The molecule has 1 aromatic rings. The first-order valence-corrected chi connectivity index (χ1v) is 5.47. The van der Waals surface area contributed by atoms with E-state index < -0.39 is 0 Å². The predicted octanol–water partition coefficient (Wildman–Crippen LogP) is 3.16. The maximum atomic E-state index is 9.40. The Hall–Kier alpha value is 0.480. The number of aryl methyl sites for hydroxylation is 1. The second kappa shape index (κ2) is 3.93. The van der Waals surface area contributed by atoms with Crippen molar-refractivity contribution < 1.29 is 5.11 Å². The molecule has 1 rings (SSSR count). The molecular formula is C8H8I2O. The first-order valence-electron chi connectivity index (χ1n) is 3.32. The molecule has 60 valence electrons. The number of hydrogen-bond donors (Lipinski definition) is 1. The van der Waals surface area contributed by atoms with Crippen molar-refractivity contribution >= 4 is 45.2 Å². The highest BCUT2D eigenvalue weighted by atomic mass is 127. The van der Waals surface area contributed by atoms with E-state index in [0.29, 0.717) is 5.75 Å². The molecule has 0 radical (unpaired) electrons. The quantitative estimate of drug-likeness (QED) is 0.750. The fourth-order valence-corrected chi connectivity index (χ4v) is 2.25. The summed E-state index contributed by atoms with van der Waals surface area (Å²) < 4.78 is 2.07. The van der Waals surface area contributed by atoms with Crippen LogP contribution in [0, 0.1) is 7.14 Å². The molecule has 0 saturated carbocycles. The molecular weight excluding hydrogens is 366 g/mol. The SMILES string of the molecule is CCc1cc(I)cc(O)c1I. The van der Waals surface area contributed by atoms with Crippen LogP contribution in [0.4, 0.5) is 0 Å². The van der Waals surface area contributed by atoms with Crippen molar-refractivity contribution in [3.05, 3.63) is 24.8 Å². The van der Waals surface area contributed by atoms with Gasteiger partial charge in [-0.1, -0.05) is 6.92 Å². The average Bonchev–Trinajstić information content (AvgIpc) is 1.96. The van der Waals surface area contributed by atoms with E-state index in [0.717, 1.165) is 13.6 Å². The first kappa shape index (κ1) is 9.57. The summed E-state index contributed by atoms with van der Waals surface area (Å²) in [5.74, 6) is 0.398. The highest BCUT2D eigenvalue weighted by Crippen LogP contribution is 2.26. The van der Waals surface area contributed by atoms with E-state index in [1.54, 1.807) is 6.07 Å². The highest BCUT2D eigenvalue weighted by molar-refractivity contribution is 14.1. The highest BCUT2D eigenvalue weighted by Gasteiger charge is 2.03. The van der Waals surface area contributed by atoms with Crippen LogP contribution < -0.4 is 0 Å². The maximum Gasteiger partial charge on any atom is 0.130 e. The lowest BCUT2D eigenvalue weighted by atomic mass is 10.2. The lowest BCUT2D eigenvalue weighted by Gasteiger charge is -2.03. The minimum atomic E-state index is 0.398. The van der Waals surface area contributed by atoms with Gasteiger partial charge in [0.25, 0.3) is 0 Å². The van der Waals surface area contributed by atoms with Crippen LogP contribution >= 0.6 is 45.2 Å². The molecule has 0 atom stereocenters. The number of aromatic hydroxyl groups is 1. The third kappa shape index (κ3) is 2.21. The Balaban J connectivity index is 3.24. The van der Waals surface area contributed by atoms with Crippen molar-refractivity contribution in [3.8, 4) is 5.75 Å². The number of rotatable bonds is 1. The van der Waals surface area contributed by atoms with Crippen LogP contribution in [-0.4, -0.2) is 5.11 Å². The van der Waals surface area contributed by atoms with Crippen LogP contribution in [0.2, 0.25) is 0 Å². The van der Waals surface area contributed by atoms with Crippen LogP contribution in [0.1, 0.15) is 12.5 Å². The van der Waals surface area contributed by atoms with E-state index in [1.807, 2.05) is 0 Å². The summed E-state index contributed by atoms with van der Waals surface area (Å²) in [5.41, 5.74) is 1.22. The Labute approximate surface area is 93.5 Å². The number of phenols is 1. The smallest absolute Gasteiger partial charge is 0.130 e. The standard InChI is InChI=1S/C8H8I2O/c1-2-5-3-6(9)4-7(11)8(5)10/h3-4,11H,2H2,1H3. The lowest BCUT2D eigenvalue weighted by molar-refractivity contribution is 0.470. The number of phenolic OH excluding ortho intramolecular Hbond substituents is 1. The monoisotopic (exact) mass is 374 g/mol.